The van der Waals surface area contributed by atoms with E-state index in [0.717, 1.165) is 5.56 Å². The number of nitrogens with two attached hydrogens (primary N) is 1. The van der Waals surface area contributed by atoms with Gasteiger partial charge >= 0.3 is 5.97 Å². The summed E-state index contributed by atoms with van der Waals surface area (Å²) in [4.78, 5) is 24.1. The second-order valence-corrected chi connectivity index (χ2v) is 4.79. The number of rotatable bonds is 5. The number of amides is 1. The Morgan fingerprint density at radius 1 is 1.35 bits per heavy atom. The van der Waals surface area contributed by atoms with Crippen LogP contribution in [0.1, 0.15) is 22.8 Å². The van der Waals surface area contributed by atoms with Crippen LogP contribution in [-0.4, -0.2) is 38.2 Å². The first kappa shape index (κ1) is 16.0. The van der Waals surface area contributed by atoms with Crippen molar-refractivity contribution >= 4 is 17.6 Å². The molecular weight excluding hydrogens is 260 g/mol. The molecule has 1 unspecified atom stereocenters. The lowest BCUT2D eigenvalue weighted by molar-refractivity contribution is -0.149. The average molecular weight is 280 g/mol. The van der Waals surface area contributed by atoms with E-state index in [1.54, 1.807) is 32.0 Å². The standard InChI is InChI=1S/C14H20N2O4/c1-9-5-6-10(15)7-11(9)12(17)16-14(2,8-19-3)13(18)20-4/h5-7H,8,15H2,1-4H3,(H,16,17). The molecule has 0 aromatic heterocycles. The molecule has 0 aliphatic heterocycles. The molecule has 0 fully saturated rings. The van der Waals surface area contributed by atoms with Crippen molar-refractivity contribution in [1.82, 2.24) is 5.32 Å². The maximum absolute atomic E-state index is 12.3. The second kappa shape index (κ2) is 6.38. The van der Waals surface area contributed by atoms with Gasteiger partial charge in [-0.05, 0) is 31.5 Å². The van der Waals surface area contributed by atoms with Crippen LogP contribution in [0.25, 0.3) is 0 Å². The van der Waals surface area contributed by atoms with Crippen LogP contribution < -0.4 is 11.1 Å². The van der Waals surface area contributed by atoms with Crippen molar-refractivity contribution in [3.05, 3.63) is 29.3 Å². The SMILES string of the molecule is COCC(C)(NC(=O)c1cc(N)ccc1C)C(=O)OC. The van der Waals surface area contributed by atoms with Crippen LogP contribution in [0.5, 0.6) is 0 Å². The van der Waals surface area contributed by atoms with E-state index in [1.807, 2.05) is 0 Å². The lowest BCUT2D eigenvalue weighted by Crippen LogP contribution is -2.56. The van der Waals surface area contributed by atoms with Crippen molar-refractivity contribution in [3.63, 3.8) is 0 Å². The molecule has 0 spiro atoms. The molecule has 0 heterocycles. The highest BCUT2D eigenvalue weighted by atomic mass is 16.5. The molecule has 1 aromatic carbocycles. The molecule has 6 heteroatoms. The van der Waals surface area contributed by atoms with Gasteiger partial charge in [0.05, 0.1) is 13.7 Å². The van der Waals surface area contributed by atoms with Crippen LogP contribution in [0.4, 0.5) is 5.69 Å². The summed E-state index contributed by atoms with van der Waals surface area (Å²) < 4.78 is 9.68. The highest BCUT2D eigenvalue weighted by Crippen LogP contribution is 2.15. The monoisotopic (exact) mass is 280 g/mol. The lowest BCUT2D eigenvalue weighted by atomic mass is 10.0. The first-order valence-electron chi connectivity index (χ1n) is 6.10. The Balaban J connectivity index is 3.02. The minimum atomic E-state index is -1.25. The number of aryl methyl sites for hydroxylation is 1. The first-order chi connectivity index (χ1) is 9.34. The molecule has 0 aliphatic carbocycles. The number of nitrogens with one attached hydrogen (secondary N) is 1. The zero-order chi connectivity index (χ0) is 15.3. The van der Waals surface area contributed by atoms with Gasteiger partial charge in [-0.1, -0.05) is 6.07 Å². The Morgan fingerprint density at radius 3 is 2.55 bits per heavy atom. The summed E-state index contributed by atoms with van der Waals surface area (Å²) in [7, 11) is 2.70. The zero-order valence-electron chi connectivity index (χ0n) is 12.1. The van der Waals surface area contributed by atoms with Gasteiger partial charge in [0.15, 0.2) is 5.54 Å². The maximum atomic E-state index is 12.3. The third kappa shape index (κ3) is 3.48. The molecule has 3 N–H and O–H groups in total. The number of methoxy groups -OCH3 is 2. The number of esters is 1. The van der Waals surface area contributed by atoms with Crippen molar-refractivity contribution in [1.29, 1.82) is 0 Å². The van der Waals surface area contributed by atoms with Crippen LogP contribution in [0.2, 0.25) is 0 Å². The van der Waals surface area contributed by atoms with Crippen molar-refractivity contribution in [2.75, 3.05) is 26.6 Å². The molecule has 6 nitrogen and oxygen atoms in total. The van der Waals surface area contributed by atoms with Gasteiger partial charge in [0, 0.05) is 18.4 Å². The topological polar surface area (TPSA) is 90.6 Å². The molecule has 0 saturated heterocycles. The molecule has 1 rings (SSSR count). The molecule has 0 aliphatic rings. The van der Waals surface area contributed by atoms with Gasteiger partial charge < -0.3 is 20.5 Å². The fourth-order valence-electron chi connectivity index (χ4n) is 1.86. The normalized spacial score (nSPS) is 13.4. The minimum absolute atomic E-state index is 0.00672. The number of hydrogen-bond acceptors (Lipinski definition) is 5. The van der Waals surface area contributed by atoms with Crippen LogP contribution >= 0.6 is 0 Å². The number of nitrogen functional groups attached to an aromatic ring is 1. The predicted molar refractivity (Wildman–Crippen MR) is 75.4 cm³/mol. The first-order valence-corrected chi connectivity index (χ1v) is 6.10. The average Bonchev–Trinajstić information content (AvgIpc) is 2.40. The summed E-state index contributed by atoms with van der Waals surface area (Å²) in [6, 6.07) is 5.02. The Labute approximate surface area is 118 Å². The second-order valence-electron chi connectivity index (χ2n) is 4.79. The van der Waals surface area contributed by atoms with Gasteiger partial charge in [0.1, 0.15) is 0 Å². The fraction of sp³-hybridized carbons (Fsp3) is 0.429. The molecule has 20 heavy (non-hydrogen) atoms. The predicted octanol–water partition coefficient (Wildman–Crippen LogP) is 0.885. The number of carbonyl (C=O) groups is 2. The number of ether oxygens (including phenoxy) is 2. The fourth-order valence-corrected chi connectivity index (χ4v) is 1.86. The minimum Gasteiger partial charge on any atom is -0.467 e. The maximum Gasteiger partial charge on any atom is 0.333 e. The zero-order valence-corrected chi connectivity index (χ0v) is 12.1. The van der Waals surface area contributed by atoms with Gasteiger partial charge in [0.2, 0.25) is 0 Å². The summed E-state index contributed by atoms with van der Waals surface area (Å²) in [6.07, 6.45) is 0. The van der Waals surface area contributed by atoms with Gasteiger partial charge in [-0.2, -0.15) is 0 Å². The van der Waals surface area contributed by atoms with Crippen molar-refractivity contribution in [3.8, 4) is 0 Å². The summed E-state index contributed by atoms with van der Waals surface area (Å²) >= 11 is 0. The lowest BCUT2D eigenvalue weighted by Gasteiger charge is -2.27. The van der Waals surface area contributed by atoms with Crippen LogP contribution in [0.3, 0.4) is 0 Å². The van der Waals surface area contributed by atoms with E-state index in [1.165, 1.54) is 14.2 Å². The molecule has 0 radical (unpaired) electrons. The number of benzene rings is 1. The van der Waals surface area contributed by atoms with E-state index in [0.29, 0.717) is 11.3 Å². The quantitative estimate of drug-likeness (QED) is 0.617. The summed E-state index contributed by atoms with van der Waals surface area (Å²) in [6.45, 7) is 3.34. The van der Waals surface area contributed by atoms with E-state index in [-0.39, 0.29) is 6.61 Å². The van der Waals surface area contributed by atoms with Gasteiger partial charge in [-0.3, -0.25) is 4.79 Å². The van der Waals surface area contributed by atoms with Crippen LogP contribution in [-0.2, 0) is 14.3 Å². The van der Waals surface area contributed by atoms with E-state index in [4.69, 9.17) is 15.2 Å². The Kier molecular flexibility index (Phi) is 5.10. The van der Waals surface area contributed by atoms with E-state index < -0.39 is 17.4 Å². The highest BCUT2D eigenvalue weighted by molar-refractivity contribution is 5.99. The summed E-state index contributed by atoms with van der Waals surface area (Å²) in [5.41, 5.74) is 6.08. The number of carbonyl (C=O) groups excluding carboxylic acids is 2. The van der Waals surface area contributed by atoms with Gasteiger partial charge in [-0.15, -0.1) is 0 Å². The Bertz CT molecular complexity index is 516. The molecule has 1 atom stereocenters. The third-order valence-corrected chi connectivity index (χ3v) is 2.96. The van der Waals surface area contributed by atoms with Crippen molar-refractivity contribution in [2.45, 2.75) is 19.4 Å². The summed E-state index contributed by atoms with van der Waals surface area (Å²) in [5.74, 6) is -0.978. The van der Waals surface area contributed by atoms with E-state index in [9.17, 15) is 9.59 Å². The molecule has 110 valence electrons. The van der Waals surface area contributed by atoms with Crippen molar-refractivity contribution < 1.29 is 19.1 Å². The van der Waals surface area contributed by atoms with E-state index in [2.05, 4.69) is 5.32 Å². The van der Waals surface area contributed by atoms with Gasteiger partial charge in [0.25, 0.3) is 5.91 Å². The highest BCUT2D eigenvalue weighted by Gasteiger charge is 2.36. The van der Waals surface area contributed by atoms with E-state index >= 15 is 0 Å². The Morgan fingerprint density at radius 2 is 2.00 bits per heavy atom. The van der Waals surface area contributed by atoms with Crippen LogP contribution in [0, 0.1) is 6.92 Å². The number of anilines is 1. The largest absolute Gasteiger partial charge is 0.467 e. The molecule has 1 aromatic rings. The third-order valence-electron chi connectivity index (χ3n) is 2.96. The Hall–Kier alpha value is -2.08. The number of hydrogen-bond donors (Lipinski definition) is 2. The van der Waals surface area contributed by atoms with Crippen molar-refractivity contribution in [2.24, 2.45) is 0 Å². The van der Waals surface area contributed by atoms with Gasteiger partial charge in [-0.25, -0.2) is 4.79 Å². The molecular formula is C14H20N2O4. The molecule has 0 bridgehead atoms. The molecule has 0 saturated carbocycles. The molecule has 1 amide bonds. The van der Waals surface area contributed by atoms with Crippen LogP contribution in [0.15, 0.2) is 18.2 Å². The smallest absolute Gasteiger partial charge is 0.333 e. The summed E-state index contributed by atoms with van der Waals surface area (Å²) in [5, 5.41) is 2.64.